The zero-order valence-corrected chi connectivity index (χ0v) is 18.7. The van der Waals surface area contributed by atoms with Crippen molar-refractivity contribution in [3.05, 3.63) is 52.0 Å². The van der Waals surface area contributed by atoms with E-state index >= 15 is 0 Å². The third-order valence-corrected chi connectivity index (χ3v) is 5.61. The number of carbonyl (C=O) groups is 1. The maximum Gasteiger partial charge on any atom is 0.224 e. The van der Waals surface area contributed by atoms with Gasteiger partial charge >= 0.3 is 0 Å². The third kappa shape index (κ3) is 7.14. The number of hydrogen-bond donors (Lipinski definition) is 1. The first kappa shape index (κ1) is 22.8. The molecule has 1 heterocycles. The lowest BCUT2D eigenvalue weighted by Gasteiger charge is -2.22. The van der Waals surface area contributed by atoms with Gasteiger partial charge < -0.3 is 19.9 Å². The van der Waals surface area contributed by atoms with Crippen LogP contribution in [0.5, 0.6) is 0 Å². The number of amides is 1. The summed E-state index contributed by atoms with van der Waals surface area (Å²) in [6.45, 7) is 3.76. The lowest BCUT2D eigenvalue weighted by Crippen LogP contribution is -2.40. The molecule has 0 spiro atoms. The summed E-state index contributed by atoms with van der Waals surface area (Å²) in [6.07, 6.45) is 0.401. The van der Waals surface area contributed by atoms with E-state index in [1.54, 1.807) is 30.4 Å². The average Bonchev–Trinajstić information content (AvgIpc) is 3.19. The molecule has 29 heavy (non-hydrogen) atoms. The first-order chi connectivity index (χ1) is 13.9. The summed E-state index contributed by atoms with van der Waals surface area (Å²) in [7, 11) is 7.21. The molecule has 0 bridgehead atoms. The second-order valence-corrected chi connectivity index (χ2v) is 7.76. The van der Waals surface area contributed by atoms with Gasteiger partial charge in [0.05, 0.1) is 12.2 Å². The Labute approximate surface area is 177 Å². The van der Waals surface area contributed by atoms with Gasteiger partial charge in [0.15, 0.2) is 5.96 Å². The minimum Gasteiger partial charge on any atom is -0.375 e. The summed E-state index contributed by atoms with van der Waals surface area (Å²) in [6, 6.07) is 9.99. The normalized spacial score (nSPS) is 12.5. The Kier molecular flexibility index (Phi) is 9.08. The topological polar surface area (TPSA) is 70.1 Å². The molecule has 0 aliphatic rings. The van der Waals surface area contributed by atoms with Crippen LogP contribution in [-0.4, -0.2) is 61.4 Å². The van der Waals surface area contributed by atoms with E-state index in [2.05, 4.69) is 15.3 Å². The summed E-state index contributed by atoms with van der Waals surface area (Å²) in [5, 5.41) is 6.26. The van der Waals surface area contributed by atoms with Crippen molar-refractivity contribution in [2.24, 2.45) is 4.99 Å². The highest BCUT2D eigenvalue weighted by atomic mass is 32.1. The number of guanidine groups is 1. The van der Waals surface area contributed by atoms with Crippen LogP contribution in [0.4, 0.5) is 0 Å². The van der Waals surface area contributed by atoms with Crippen molar-refractivity contribution in [3.8, 4) is 0 Å². The minimum absolute atomic E-state index is 0.00428. The fourth-order valence-corrected chi connectivity index (χ4v) is 3.64. The van der Waals surface area contributed by atoms with Crippen LogP contribution in [0.1, 0.15) is 35.7 Å². The Morgan fingerprint density at radius 2 is 1.97 bits per heavy atom. The Morgan fingerprint density at radius 3 is 2.62 bits per heavy atom. The standard InChI is InChI=1S/C21H31N5O2S/c1-16(28-5)20-24-18(15-29-20)14-26(4)21(22-2)23-12-11-19(27)25(3)13-17-9-7-6-8-10-17/h6-10,15-16H,11-14H2,1-5H3,(H,22,23). The van der Waals surface area contributed by atoms with Gasteiger partial charge in [0, 0.05) is 53.1 Å². The number of methoxy groups -OCH3 is 1. The van der Waals surface area contributed by atoms with Gasteiger partial charge in [-0.25, -0.2) is 4.98 Å². The highest BCUT2D eigenvalue weighted by Gasteiger charge is 2.14. The molecular weight excluding hydrogens is 386 g/mol. The van der Waals surface area contributed by atoms with Gasteiger partial charge in [-0.05, 0) is 12.5 Å². The van der Waals surface area contributed by atoms with Gasteiger partial charge in [-0.1, -0.05) is 30.3 Å². The van der Waals surface area contributed by atoms with Crippen LogP contribution in [0.25, 0.3) is 0 Å². The lowest BCUT2D eigenvalue weighted by molar-refractivity contribution is -0.130. The maximum absolute atomic E-state index is 12.4. The summed E-state index contributed by atoms with van der Waals surface area (Å²) in [4.78, 5) is 25.1. The molecule has 0 aliphatic heterocycles. The Balaban J connectivity index is 1.78. The molecule has 8 heteroatoms. The Morgan fingerprint density at radius 1 is 1.24 bits per heavy atom. The number of carbonyl (C=O) groups excluding carboxylic acids is 1. The molecule has 1 N–H and O–H groups in total. The molecule has 0 saturated heterocycles. The van der Waals surface area contributed by atoms with Crippen molar-refractivity contribution >= 4 is 23.2 Å². The van der Waals surface area contributed by atoms with Crippen molar-refractivity contribution in [2.75, 3.05) is 34.8 Å². The predicted molar refractivity (Wildman–Crippen MR) is 118 cm³/mol. The predicted octanol–water partition coefficient (Wildman–Crippen LogP) is 2.91. The molecule has 158 valence electrons. The van der Waals surface area contributed by atoms with Gasteiger partial charge in [-0.15, -0.1) is 11.3 Å². The number of ether oxygens (including phenoxy) is 1. The summed E-state index contributed by atoms with van der Waals surface area (Å²) < 4.78 is 5.32. The largest absolute Gasteiger partial charge is 0.375 e. The second kappa shape index (κ2) is 11.5. The van der Waals surface area contributed by atoms with Crippen molar-refractivity contribution in [1.29, 1.82) is 0 Å². The number of thiazole rings is 1. The Bertz CT molecular complexity index is 793. The lowest BCUT2D eigenvalue weighted by atomic mass is 10.2. The first-order valence-corrected chi connectivity index (χ1v) is 10.5. The van der Waals surface area contributed by atoms with E-state index < -0.39 is 0 Å². The van der Waals surface area contributed by atoms with Crippen LogP contribution >= 0.6 is 11.3 Å². The van der Waals surface area contributed by atoms with Gasteiger partial charge in [0.1, 0.15) is 11.1 Å². The van der Waals surface area contributed by atoms with Gasteiger partial charge in [-0.2, -0.15) is 0 Å². The SMILES string of the molecule is CN=C(NCCC(=O)N(C)Cc1ccccc1)N(C)Cc1csc(C(C)OC)n1. The molecule has 2 rings (SSSR count). The molecule has 0 radical (unpaired) electrons. The van der Waals surface area contributed by atoms with E-state index in [0.717, 1.165) is 22.2 Å². The van der Waals surface area contributed by atoms with Crippen molar-refractivity contribution in [1.82, 2.24) is 20.1 Å². The summed E-state index contributed by atoms with van der Waals surface area (Å²) in [5.74, 6) is 0.829. The molecule has 0 saturated carbocycles. The molecule has 1 unspecified atom stereocenters. The average molecular weight is 418 g/mol. The van der Waals surface area contributed by atoms with E-state index in [9.17, 15) is 4.79 Å². The van der Waals surface area contributed by atoms with Crippen molar-refractivity contribution < 1.29 is 9.53 Å². The van der Waals surface area contributed by atoms with Crippen LogP contribution in [0, 0.1) is 0 Å². The number of benzene rings is 1. The van der Waals surface area contributed by atoms with Gasteiger partial charge in [0.2, 0.25) is 5.91 Å². The van der Waals surface area contributed by atoms with E-state index in [0.29, 0.717) is 26.1 Å². The second-order valence-electron chi connectivity index (χ2n) is 6.87. The van der Waals surface area contributed by atoms with Gasteiger partial charge in [0.25, 0.3) is 0 Å². The molecule has 0 fully saturated rings. The smallest absolute Gasteiger partial charge is 0.224 e. The number of rotatable bonds is 9. The van der Waals surface area contributed by atoms with Crippen molar-refractivity contribution in [2.45, 2.75) is 32.5 Å². The summed E-state index contributed by atoms with van der Waals surface area (Å²) >= 11 is 1.60. The monoisotopic (exact) mass is 417 g/mol. The quantitative estimate of drug-likeness (QED) is 0.502. The number of hydrogen-bond acceptors (Lipinski definition) is 5. The molecule has 7 nitrogen and oxygen atoms in total. The minimum atomic E-state index is -0.00428. The van der Waals surface area contributed by atoms with Crippen LogP contribution < -0.4 is 5.32 Å². The molecular formula is C21H31N5O2S. The number of aliphatic imine (C=N–C) groups is 1. The number of nitrogens with one attached hydrogen (secondary N) is 1. The van der Waals surface area contributed by atoms with Crippen LogP contribution in [0.3, 0.4) is 0 Å². The maximum atomic E-state index is 12.4. The number of nitrogens with zero attached hydrogens (tertiary/aromatic N) is 4. The highest BCUT2D eigenvalue weighted by Crippen LogP contribution is 2.20. The molecule has 1 amide bonds. The van der Waals surface area contributed by atoms with E-state index in [1.807, 2.05) is 61.6 Å². The first-order valence-electron chi connectivity index (χ1n) is 9.61. The van der Waals surface area contributed by atoms with E-state index in [4.69, 9.17) is 4.74 Å². The van der Waals surface area contributed by atoms with Crippen LogP contribution in [0.2, 0.25) is 0 Å². The van der Waals surface area contributed by atoms with Gasteiger partial charge in [-0.3, -0.25) is 9.79 Å². The van der Waals surface area contributed by atoms with Crippen molar-refractivity contribution in [3.63, 3.8) is 0 Å². The highest BCUT2D eigenvalue weighted by molar-refractivity contribution is 7.09. The molecule has 1 atom stereocenters. The molecule has 0 aliphatic carbocycles. The number of aromatic nitrogens is 1. The van der Waals surface area contributed by atoms with E-state index in [1.165, 1.54) is 0 Å². The zero-order valence-electron chi connectivity index (χ0n) is 17.9. The van der Waals surface area contributed by atoms with E-state index in [-0.39, 0.29) is 12.0 Å². The fraction of sp³-hybridized carbons (Fsp3) is 0.476. The third-order valence-electron chi connectivity index (χ3n) is 4.55. The zero-order chi connectivity index (χ0) is 21.2. The molecule has 1 aromatic carbocycles. The van der Waals surface area contributed by atoms with Crippen LogP contribution in [-0.2, 0) is 22.6 Å². The molecule has 2 aromatic rings. The van der Waals surface area contributed by atoms with Crippen LogP contribution in [0.15, 0.2) is 40.7 Å². The summed E-state index contributed by atoms with van der Waals surface area (Å²) in [5.41, 5.74) is 2.09. The Hall–Kier alpha value is -2.45. The fourth-order valence-electron chi connectivity index (χ4n) is 2.80. The molecule has 1 aromatic heterocycles.